The average Bonchev–Trinajstić information content (AvgIpc) is 2.76. The second-order valence-corrected chi connectivity index (χ2v) is 4.74. The molecular weight excluding hydrogens is 214 g/mol. The number of aryl methyl sites for hydroxylation is 2. The van der Waals surface area contributed by atoms with Gasteiger partial charge in [-0.05, 0) is 32.3 Å². The van der Waals surface area contributed by atoms with Crippen molar-refractivity contribution in [3.05, 3.63) is 34.9 Å². The van der Waals surface area contributed by atoms with E-state index >= 15 is 0 Å². The first-order chi connectivity index (χ1) is 8.11. The van der Waals surface area contributed by atoms with Gasteiger partial charge in [-0.15, -0.1) is 0 Å². The lowest BCUT2D eigenvalue weighted by Crippen LogP contribution is -2.25. The van der Waals surface area contributed by atoms with Crippen molar-refractivity contribution in [1.29, 1.82) is 0 Å². The predicted molar refractivity (Wildman–Crippen MR) is 67.2 cm³/mol. The Hall–Kier alpha value is -1.19. The minimum absolute atomic E-state index is 0.0507. The molecule has 0 saturated carbocycles. The normalized spacial score (nSPS) is 23.9. The minimum atomic E-state index is -0.301. The number of Topliss-reactive ketones (excluding diaryl/α,β-unsaturated/α-hetero) is 1. The first-order valence-corrected chi connectivity index (χ1v) is 6.09. The van der Waals surface area contributed by atoms with Crippen molar-refractivity contribution in [1.82, 2.24) is 0 Å². The summed E-state index contributed by atoms with van der Waals surface area (Å²) in [5.41, 5.74) is 8.52. The number of nitrogens with two attached hydrogens (primary N) is 1. The summed E-state index contributed by atoms with van der Waals surface area (Å²) in [6.45, 7) is 4.49. The van der Waals surface area contributed by atoms with Crippen LogP contribution in [0.15, 0.2) is 18.2 Å². The molecule has 0 aromatic heterocycles. The molecule has 3 nitrogen and oxygen atoms in total. The van der Waals surface area contributed by atoms with Crippen LogP contribution in [0.1, 0.15) is 34.3 Å². The van der Waals surface area contributed by atoms with E-state index < -0.39 is 0 Å². The van der Waals surface area contributed by atoms with Crippen LogP contribution < -0.4 is 5.73 Å². The maximum Gasteiger partial charge on any atom is 0.191 e. The highest BCUT2D eigenvalue weighted by atomic mass is 16.5. The van der Waals surface area contributed by atoms with Crippen molar-refractivity contribution in [3.63, 3.8) is 0 Å². The fourth-order valence-corrected chi connectivity index (χ4v) is 2.34. The van der Waals surface area contributed by atoms with Crippen molar-refractivity contribution in [2.45, 2.75) is 38.9 Å². The SMILES string of the molecule is Cc1ccc(C(=O)C2CCC(CN)O2)c(C)c1. The van der Waals surface area contributed by atoms with Gasteiger partial charge in [0.2, 0.25) is 0 Å². The molecule has 1 aliphatic heterocycles. The molecule has 17 heavy (non-hydrogen) atoms. The van der Waals surface area contributed by atoms with Gasteiger partial charge in [0.1, 0.15) is 6.10 Å². The second-order valence-electron chi connectivity index (χ2n) is 4.74. The zero-order valence-electron chi connectivity index (χ0n) is 10.4. The Morgan fingerprint density at radius 2 is 2.18 bits per heavy atom. The molecule has 2 rings (SSSR count). The molecule has 0 spiro atoms. The van der Waals surface area contributed by atoms with E-state index in [1.54, 1.807) is 0 Å². The molecule has 0 bridgehead atoms. The first kappa shape index (κ1) is 12.3. The molecule has 3 heteroatoms. The van der Waals surface area contributed by atoms with E-state index in [0.717, 1.165) is 24.0 Å². The van der Waals surface area contributed by atoms with E-state index in [4.69, 9.17) is 10.5 Å². The van der Waals surface area contributed by atoms with E-state index in [2.05, 4.69) is 0 Å². The van der Waals surface area contributed by atoms with Crippen LogP contribution in [0.3, 0.4) is 0 Å². The summed E-state index contributed by atoms with van der Waals surface area (Å²) in [6.07, 6.45) is 1.42. The Morgan fingerprint density at radius 1 is 1.41 bits per heavy atom. The van der Waals surface area contributed by atoms with Gasteiger partial charge in [-0.3, -0.25) is 4.79 Å². The Kier molecular flexibility index (Phi) is 3.60. The lowest BCUT2D eigenvalue weighted by Gasteiger charge is -2.13. The summed E-state index contributed by atoms with van der Waals surface area (Å²) >= 11 is 0. The van der Waals surface area contributed by atoms with Gasteiger partial charge >= 0.3 is 0 Å². The number of carbonyl (C=O) groups is 1. The number of ether oxygens (including phenoxy) is 1. The number of hydrogen-bond acceptors (Lipinski definition) is 3. The fourth-order valence-electron chi connectivity index (χ4n) is 2.34. The summed E-state index contributed by atoms with van der Waals surface area (Å²) in [5, 5.41) is 0. The molecule has 1 heterocycles. The van der Waals surface area contributed by atoms with Crippen LogP contribution in [0.25, 0.3) is 0 Å². The van der Waals surface area contributed by atoms with Crippen LogP contribution >= 0.6 is 0 Å². The lowest BCUT2D eigenvalue weighted by atomic mass is 9.98. The molecule has 1 saturated heterocycles. The summed E-state index contributed by atoms with van der Waals surface area (Å²) in [6, 6.07) is 5.89. The highest BCUT2D eigenvalue weighted by Gasteiger charge is 2.30. The van der Waals surface area contributed by atoms with Crippen LogP contribution in [0.2, 0.25) is 0 Å². The zero-order valence-corrected chi connectivity index (χ0v) is 10.4. The molecule has 0 aliphatic carbocycles. The van der Waals surface area contributed by atoms with Crippen LogP contribution in [-0.2, 0) is 4.74 Å². The third-order valence-corrected chi connectivity index (χ3v) is 3.31. The molecule has 0 amide bonds. The Balaban J connectivity index is 2.15. The number of hydrogen-bond donors (Lipinski definition) is 1. The average molecular weight is 233 g/mol. The summed E-state index contributed by atoms with van der Waals surface area (Å²) < 4.78 is 5.64. The molecule has 2 unspecified atom stereocenters. The first-order valence-electron chi connectivity index (χ1n) is 6.09. The van der Waals surface area contributed by atoms with Gasteiger partial charge in [0, 0.05) is 12.1 Å². The summed E-state index contributed by atoms with van der Waals surface area (Å²) in [5.74, 6) is 0.0958. The molecule has 1 aromatic rings. The van der Waals surface area contributed by atoms with Gasteiger partial charge in [-0.25, -0.2) is 0 Å². The van der Waals surface area contributed by atoms with Gasteiger partial charge in [-0.1, -0.05) is 23.8 Å². The van der Waals surface area contributed by atoms with Crippen LogP contribution in [0.5, 0.6) is 0 Å². The van der Waals surface area contributed by atoms with Crippen molar-refractivity contribution < 1.29 is 9.53 Å². The molecule has 1 fully saturated rings. The second kappa shape index (κ2) is 4.98. The monoisotopic (exact) mass is 233 g/mol. The van der Waals surface area contributed by atoms with Gasteiger partial charge in [0.15, 0.2) is 5.78 Å². The molecule has 2 atom stereocenters. The largest absolute Gasteiger partial charge is 0.366 e. The lowest BCUT2D eigenvalue weighted by molar-refractivity contribution is 0.0403. The summed E-state index contributed by atoms with van der Waals surface area (Å²) in [7, 11) is 0. The molecular formula is C14H19NO2. The number of carbonyl (C=O) groups excluding carboxylic acids is 1. The molecule has 0 radical (unpaired) electrons. The molecule has 92 valence electrons. The van der Waals surface area contributed by atoms with E-state index in [1.165, 1.54) is 5.56 Å². The van der Waals surface area contributed by atoms with Gasteiger partial charge in [-0.2, -0.15) is 0 Å². The zero-order chi connectivity index (χ0) is 12.4. The number of rotatable bonds is 3. The fraction of sp³-hybridized carbons (Fsp3) is 0.500. The molecule has 2 N–H and O–H groups in total. The maximum atomic E-state index is 12.3. The maximum absolute atomic E-state index is 12.3. The standard InChI is InChI=1S/C14H19NO2/c1-9-3-5-12(10(2)7-9)14(16)13-6-4-11(8-15)17-13/h3,5,7,11,13H,4,6,8,15H2,1-2H3. The van der Waals surface area contributed by atoms with Crippen LogP contribution in [0.4, 0.5) is 0 Å². The van der Waals surface area contributed by atoms with Crippen molar-refractivity contribution in [2.75, 3.05) is 6.54 Å². The third-order valence-electron chi connectivity index (χ3n) is 3.31. The number of benzene rings is 1. The third kappa shape index (κ3) is 2.56. The Labute approximate surface area is 102 Å². The van der Waals surface area contributed by atoms with Gasteiger partial charge in [0.25, 0.3) is 0 Å². The minimum Gasteiger partial charge on any atom is -0.366 e. The van der Waals surface area contributed by atoms with E-state index in [-0.39, 0.29) is 18.0 Å². The predicted octanol–water partition coefficient (Wildman–Crippen LogP) is 1.99. The van der Waals surface area contributed by atoms with Crippen molar-refractivity contribution in [3.8, 4) is 0 Å². The smallest absolute Gasteiger partial charge is 0.191 e. The van der Waals surface area contributed by atoms with Crippen LogP contribution in [-0.4, -0.2) is 24.5 Å². The quantitative estimate of drug-likeness (QED) is 0.812. The van der Waals surface area contributed by atoms with Gasteiger partial charge in [0.05, 0.1) is 6.10 Å². The van der Waals surface area contributed by atoms with E-state index in [9.17, 15) is 4.79 Å². The molecule has 1 aliphatic rings. The van der Waals surface area contributed by atoms with Gasteiger partial charge < -0.3 is 10.5 Å². The van der Waals surface area contributed by atoms with E-state index in [0.29, 0.717) is 6.54 Å². The molecule has 1 aromatic carbocycles. The van der Waals surface area contributed by atoms with E-state index in [1.807, 2.05) is 32.0 Å². The number of ketones is 1. The summed E-state index contributed by atoms with van der Waals surface area (Å²) in [4.78, 5) is 12.3. The Morgan fingerprint density at radius 3 is 2.76 bits per heavy atom. The topological polar surface area (TPSA) is 52.3 Å². The van der Waals surface area contributed by atoms with Crippen molar-refractivity contribution >= 4 is 5.78 Å². The van der Waals surface area contributed by atoms with Crippen LogP contribution in [0, 0.1) is 13.8 Å². The Bertz CT molecular complexity index is 428. The highest BCUT2D eigenvalue weighted by Crippen LogP contribution is 2.23. The van der Waals surface area contributed by atoms with Crippen molar-refractivity contribution in [2.24, 2.45) is 5.73 Å². The highest BCUT2D eigenvalue weighted by molar-refractivity contribution is 6.00.